The molecule has 116 valence electrons. The molecule has 0 spiro atoms. The number of benzene rings is 1. The molecule has 0 saturated carbocycles. The zero-order valence-electron chi connectivity index (χ0n) is 12.3. The molecule has 21 heavy (non-hydrogen) atoms. The summed E-state index contributed by atoms with van der Waals surface area (Å²) in [5.41, 5.74) is -0.468. The molecule has 2 N–H and O–H groups in total. The Kier molecular flexibility index (Phi) is 5.71. The second-order valence-electron chi connectivity index (χ2n) is 5.53. The lowest BCUT2D eigenvalue weighted by molar-refractivity contribution is -0.119. The maximum atomic E-state index is 13.5. The minimum atomic E-state index is -0.737. The monoisotopic (exact) mass is 316 g/mol. The maximum Gasteiger partial charge on any atom is 0.321 e. The fraction of sp³-hybridized carbons (Fsp3) is 0.429. The van der Waals surface area contributed by atoms with Gasteiger partial charge in [-0.1, -0.05) is 0 Å². The van der Waals surface area contributed by atoms with Crippen LogP contribution in [-0.2, 0) is 4.79 Å². The normalized spacial score (nSPS) is 12.7. The Morgan fingerprint density at radius 3 is 2.38 bits per heavy atom. The summed E-state index contributed by atoms with van der Waals surface area (Å²) in [7, 11) is 0. The zero-order chi connectivity index (χ0) is 16.2. The van der Waals surface area contributed by atoms with Crippen LogP contribution >= 0.6 is 11.8 Å². The molecule has 0 radical (unpaired) electrons. The number of amides is 3. The molecule has 0 saturated heterocycles. The SMILES string of the molecule is CC(Sc1ccc(F)cc1F)C(=O)NC(=O)NC(C)(C)C. The van der Waals surface area contributed by atoms with Gasteiger partial charge in [0.1, 0.15) is 11.6 Å². The van der Waals surface area contributed by atoms with Gasteiger partial charge < -0.3 is 5.32 Å². The van der Waals surface area contributed by atoms with Gasteiger partial charge >= 0.3 is 6.03 Å². The predicted molar refractivity (Wildman–Crippen MR) is 78.1 cm³/mol. The molecule has 0 aliphatic carbocycles. The van der Waals surface area contributed by atoms with Crippen molar-refractivity contribution in [2.24, 2.45) is 0 Å². The first kappa shape index (κ1) is 17.4. The average Bonchev–Trinajstić information content (AvgIpc) is 2.29. The van der Waals surface area contributed by atoms with Gasteiger partial charge in [0, 0.05) is 16.5 Å². The highest BCUT2D eigenvalue weighted by molar-refractivity contribution is 8.00. The van der Waals surface area contributed by atoms with Crippen LogP contribution in [0.2, 0.25) is 0 Å². The highest BCUT2D eigenvalue weighted by atomic mass is 32.2. The maximum absolute atomic E-state index is 13.5. The molecule has 0 aliphatic rings. The van der Waals surface area contributed by atoms with Crippen molar-refractivity contribution in [3.8, 4) is 0 Å². The summed E-state index contributed by atoms with van der Waals surface area (Å²) in [6, 6.07) is 2.51. The van der Waals surface area contributed by atoms with Gasteiger partial charge in [0.25, 0.3) is 0 Å². The lowest BCUT2D eigenvalue weighted by Crippen LogP contribution is -2.49. The van der Waals surface area contributed by atoms with Crippen molar-refractivity contribution in [3.05, 3.63) is 29.8 Å². The number of carbonyl (C=O) groups excluding carboxylic acids is 2. The number of urea groups is 1. The van der Waals surface area contributed by atoms with Gasteiger partial charge in [-0.3, -0.25) is 10.1 Å². The van der Waals surface area contributed by atoms with Crippen LogP contribution < -0.4 is 10.6 Å². The van der Waals surface area contributed by atoms with Crippen LogP contribution in [0.5, 0.6) is 0 Å². The largest absolute Gasteiger partial charge is 0.333 e. The van der Waals surface area contributed by atoms with Crippen molar-refractivity contribution in [1.82, 2.24) is 10.6 Å². The molecule has 0 heterocycles. The Labute approximate surface area is 126 Å². The molecule has 1 aromatic carbocycles. The van der Waals surface area contributed by atoms with Crippen LogP contribution in [-0.4, -0.2) is 22.7 Å². The van der Waals surface area contributed by atoms with Crippen molar-refractivity contribution in [2.45, 2.75) is 43.4 Å². The van der Waals surface area contributed by atoms with Crippen molar-refractivity contribution in [2.75, 3.05) is 0 Å². The summed E-state index contributed by atoms with van der Waals surface area (Å²) in [5.74, 6) is -1.97. The molecule has 1 aromatic rings. The minimum absolute atomic E-state index is 0.148. The van der Waals surface area contributed by atoms with Crippen LogP contribution in [0.15, 0.2) is 23.1 Å². The second kappa shape index (κ2) is 6.89. The summed E-state index contributed by atoms with van der Waals surface area (Å²) in [6.07, 6.45) is 0. The molecular formula is C14H18F2N2O2S. The van der Waals surface area contributed by atoms with E-state index in [-0.39, 0.29) is 4.90 Å². The lowest BCUT2D eigenvalue weighted by atomic mass is 10.1. The molecular weight excluding hydrogens is 298 g/mol. The Morgan fingerprint density at radius 2 is 1.86 bits per heavy atom. The third kappa shape index (κ3) is 6.12. The molecule has 7 heteroatoms. The van der Waals surface area contributed by atoms with Crippen molar-refractivity contribution >= 4 is 23.7 Å². The van der Waals surface area contributed by atoms with Crippen LogP contribution in [0.1, 0.15) is 27.7 Å². The number of hydrogen-bond donors (Lipinski definition) is 2. The van der Waals surface area contributed by atoms with Crippen LogP contribution in [0.25, 0.3) is 0 Å². The van der Waals surface area contributed by atoms with Crippen LogP contribution in [0.4, 0.5) is 13.6 Å². The van der Waals surface area contributed by atoms with Crippen molar-refractivity contribution in [3.63, 3.8) is 0 Å². The lowest BCUT2D eigenvalue weighted by Gasteiger charge is -2.21. The number of hydrogen-bond acceptors (Lipinski definition) is 3. The summed E-state index contributed by atoms with van der Waals surface area (Å²) in [6.45, 7) is 6.88. The summed E-state index contributed by atoms with van der Waals surface area (Å²) in [4.78, 5) is 23.5. The number of carbonyl (C=O) groups is 2. The van der Waals surface area contributed by atoms with E-state index in [1.807, 2.05) is 0 Å². The molecule has 0 bridgehead atoms. The number of thioether (sulfide) groups is 1. The Balaban J connectivity index is 2.61. The third-order valence-electron chi connectivity index (χ3n) is 2.29. The van der Waals surface area contributed by atoms with Crippen molar-refractivity contribution < 1.29 is 18.4 Å². The van der Waals surface area contributed by atoms with Gasteiger partial charge in [-0.2, -0.15) is 0 Å². The zero-order valence-corrected chi connectivity index (χ0v) is 13.1. The van der Waals surface area contributed by atoms with Gasteiger partial charge in [0.05, 0.1) is 5.25 Å². The summed E-state index contributed by atoms with van der Waals surface area (Å²) in [5, 5.41) is 4.07. The molecule has 3 amide bonds. The topological polar surface area (TPSA) is 58.2 Å². The fourth-order valence-corrected chi connectivity index (χ4v) is 2.27. The van der Waals surface area contributed by atoms with Gasteiger partial charge in [0.2, 0.25) is 5.91 Å². The average molecular weight is 316 g/mol. The van der Waals surface area contributed by atoms with Gasteiger partial charge in [-0.15, -0.1) is 11.8 Å². The minimum Gasteiger partial charge on any atom is -0.333 e. The number of halogens is 2. The Hall–Kier alpha value is -1.63. The number of rotatable bonds is 3. The third-order valence-corrected chi connectivity index (χ3v) is 3.44. The van der Waals surface area contributed by atoms with Gasteiger partial charge in [-0.25, -0.2) is 13.6 Å². The van der Waals surface area contributed by atoms with E-state index < -0.39 is 34.4 Å². The summed E-state index contributed by atoms with van der Waals surface area (Å²) >= 11 is 0.913. The van der Waals surface area contributed by atoms with E-state index in [0.717, 1.165) is 23.9 Å². The van der Waals surface area contributed by atoms with E-state index in [1.165, 1.54) is 13.0 Å². The van der Waals surface area contributed by atoms with E-state index >= 15 is 0 Å². The first-order valence-electron chi connectivity index (χ1n) is 6.33. The van der Waals surface area contributed by atoms with Gasteiger partial charge in [-0.05, 0) is 39.8 Å². The fourth-order valence-electron chi connectivity index (χ4n) is 1.40. The van der Waals surface area contributed by atoms with Crippen LogP contribution in [0.3, 0.4) is 0 Å². The highest BCUT2D eigenvalue weighted by Crippen LogP contribution is 2.26. The number of nitrogens with one attached hydrogen (secondary N) is 2. The Morgan fingerprint density at radius 1 is 1.24 bits per heavy atom. The molecule has 0 aliphatic heterocycles. The molecule has 0 aromatic heterocycles. The molecule has 0 fully saturated rings. The standard InChI is InChI=1S/C14H18F2N2O2S/c1-8(12(19)17-13(20)18-14(2,3)4)21-11-6-5-9(15)7-10(11)16/h5-8H,1-4H3,(H2,17,18,19,20). The van der Waals surface area contributed by atoms with E-state index in [1.54, 1.807) is 20.8 Å². The second-order valence-corrected chi connectivity index (χ2v) is 6.91. The van der Waals surface area contributed by atoms with E-state index in [4.69, 9.17) is 0 Å². The van der Waals surface area contributed by atoms with E-state index in [9.17, 15) is 18.4 Å². The molecule has 1 atom stereocenters. The molecule has 4 nitrogen and oxygen atoms in total. The first-order chi connectivity index (χ1) is 9.58. The quantitative estimate of drug-likeness (QED) is 0.843. The number of imide groups is 1. The molecule has 1 unspecified atom stereocenters. The Bertz CT molecular complexity index is 544. The predicted octanol–water partition coefficient (Wildman–Crippen LogP) is 3.07. The van der Waals surface area contributed by atoms with Gasteiger partial charge in [0.15, 0.2) is 0 Å². The smallest absolute Gasteiger partial charge is 0.321 e. The van der Waals surface area contributed by atoms with Crippen molar-refractivity contribution in [1.29, 1.82) is 0 Å². The first-order valence-corrected chi connectivity index (χ1v) is 7.21. The van der Waals surface area contributed by atoms with E-state index in [2.05, 4.69) is 10.6 Å². The van der Waals surface area contributed by atoms with E-state index in [0.29, 0.717) is 0 Å². The van der Waals surface area contributed by atoms with Crippen LogP contribution in [0, 0.1) is 11.6 Å². The summed E-state index contributed by atoms with van der Waals surface area (Å²) < 4.78 is 26.3. The highest BCUT2D eigenvalue weighted by Gasteiger charge is 2.21. The molecule has 1 rings (SSSR count).